The predicted molar refractivity (Wildman–Crippen MR) is 80.8 cm³/mol. The van der Waals surface area contributed by atoms with Crippen molar-refractivity contribution in [3.05, 3.63) is 57.4 Å². The van der Waals surface area contributed by atoms with E-state index in [2.05, 4.69) is 15.9 Å². The molecule has 0 saturated heterocycles. The van der Waals surface area contributed by atoms with Crippen molar-refractivity contribution in [3.63, 3.8) is 0 Å². The number of carbonyl (C=O) groups is 1. The minimum Gasteiger partial charge on any atom is -0.467 e. The Bertz CT molecular complexity index is 603. The fraction of sp³-hybridized carbons (Fsp3) is 0.267. The number of benzene rings is 1. The molecule has 0 atom stereocenters. The first kappa shape index (κ1) is 13.7. The molecule has 1 aliphatic carbocycles. The predicted octanol–water partition coefficient (Wildman–Crippen LogP) is 4.50. The van der Waals surface area contributed by atoms with Gasteiger partial charge in [0.25, 0.3) is 5.91 Å². The number of hydrogen-bond donors (Lipinski definition) is 0. The molecule has 1 aliphatic rings. The number of rotatable bonds is 4. The molecule has 0 radical (unpaired) electrons. The van der Waals surface area contributed by atoms with Gasteiger partial charge in [0.2, 0.25) is 0 Å². The van der Waals surface area contributed by atoms with Crippen molar-refractivity contribution in [2.24, 2.45) is 0 Å². The number of carbonyl (C=O) groups excluding carboxylic acids is 1. The monoisotopic (exact) mass is 353 g/mol. The maximum Gasteiger partial charge on any atom is 0.254 e. The highest BCUT2D eigenvalue weighted by Crippen LogP contribution is 2.31. The van der Waals surface area contributed by atoms with Gasteiger partial charge in [0, 0.05) is 21.1 Å². The zero-order valence-electron chi connectivity index (χ0n) is 10.7. The summed E-state index contributed by atoms with van der Waals surface area (Å²) in [4.78, 5) is 14.5. The van der Waals surface area contributed by atoms with Crippen LogP contribution in [0.3, 0.4) is 0 Å². The average Bonchev–Trinajstić information content (AvgIpc) is 3.11. The van der Waals surface area contributed by atoms with Crippen molar-refractivity contribution in [1.29, 1.82) is 0 Å². The smallest absolute Gasteiger partial charge is 0.254 e. The van der Waals surface area contributed by atoms with E-state index in [0.717, 1.165) is 23.1 Å². The first-order valence-corrected chi connectivity index (χ1v) is 7.60. The first-order valence-electron chi connectivity index (χ1n) is 6.43. The van der Waals surface area contributed by atoms with Crippen LogP contribution < -0.4 is 0 Å². The highest BCUT2D eigenvalue weighted by Gasteiger charge is 2.33. The van der Waals surface area contributed by atoms with Gasteiger partial charge in [-0.05, 0) is 43.2 Å². The molecule has 0 N–H and O–H groups in total. The third-order valence-corrected chi connectivity index (χ3v) is 3.94. The standard InChI is InChI=1S/C15H13BrClNO2/c16-11-6-10(7-12(17)8-11)15(19)18(13-3-4-13)9-14-2-1-5-20-14/h1-2,5-8,13H,3-4,9H2. The lowest BCUT2D eigenvalue weighted by molar-refractivity contribution is 0.0717. The van der Waals surface area contributed by atoms with Crippen molar-refractivity contribution in [2.75, 3.05) is 0 Å². The molecular weight excluding hydrogens is 342 g/mol. The molecular formula is C15H13BrClNO2. The highest BCUT2D eigenvalue weighted by atomic mass is 79.9. The van der Waals surface area contributed by atoms with Gasteiger partial charge in [-0.1, -0.05) is 27.5 Å². The van der Waals surface area contributed by atoms with Crippen LogP contribution in [-0.4, -0.2) is 16.8 Å². The second-order valence-electron chi connectivity index (χ2n) is 4.90. The molecule has 1 fully saturated rings. The van der Waals surface area contributed by atoms with Gasteiger partial charge in [0.05, 0.1) is 12.8 Å². The molecule has 0 spiro atoms. The third-order valence-electron chi connectivity index (χ3n) is 3.26. The molecule has 0 unspecified atom stereocenters. The summed E-state index contributed by atoms with van der Waals surface area (Å²) in [6.07, 6.45) is 3.73. The van der Waals surface area contributed by atoms with Crippen molar-refractivity contribution in [1.82, 2.24) is 4.90 Å². The summed E-state index contributed by atoms with van der Waals surface area (Å²) >= 11 is 9.39. The Morgan fingerprint density at radius 3 is 2.80 bits per heavy atom. The Morgan fingerprint density at radius 2 is 2.20 bits per heavy atom. The first-order chi connectivity index (χ1) is 9.63. The Morgan fingerprint density at radius 1 is 1.40 bits per heavy atom. The SMILES string of the molecule is O=C(c1cc(Cl)cc(Br)c1)N(Cc1ccco1)C1CC1. The number of halogens is 2. The van der Waals surface area contributed by atoms with Crippen LogP contribution in [0.1, 0.15) is 29.0 Å². The number of hydrogen-bond acceptors (Lipinski definition) is 2. The van der Waals surface area contributed by atoms with E-state index in [-0.39, 0.29) is 5.91 Å². The van der Waals surface area contributed by atoms with E-state index in [1.54, 1.807) is 24.5 Å². The van der Waals surface area contributed by atoms with E-state index in [1.807, 2.05) is 17.0 Å². The summed E-state index contributed by atoms with van der Waals surface area (Å²) in [5.74, 6) is 0.790. The second kappa shape index (κ2) is 5.62. The van der Waals surface area contributed by atoms with Crippen LogP contribution in [0, 0.1) is 0 Å². The van der Waals surface area contributed by atoms with Gasteiger partial charge in [-0.15, -0.1) is 0 Å². The molecule has 3 rings (SSSR count). The molecule has 1 heterocycles. The van der Waals surface area contributed by atoms with E-state index in [0.29, 0.717) is 23.2 Å². The van der Waals surface area contributed by atoms with Gasteiger partial charge in [-0.25, -0.2) is 0 Å². The van der Waals surface area contributed by atoms with Gasteiger partial charge in [0.1, 0.15) is 5.76 Å². The summed E-state index contributed by atoms with van der Waals surface area (Å²) in [6.45, 7) is 0.501. The second-order valence-corrected chi connectivity index (χ2v) is 6.25. The van der Waals surface area contributed by atoms with E-state index in [1.165, 1.54) is 0 Å². The summed E-state index contributed by atoms with van der Waals surface area (Å²) < 4.78 is 6.15. The number of furan rings is 1. The Labute approximate surface area is 130 Å². The van der Waals surface area contributed by atoms with Crippen LogP contribution in [0.5, 0.6) is 0 Å². The van der Waals surface area contributed by atoms with E-state index in [9.17, 15) is 4.79 Å². The fourth-order valence-electron chi connectivity index (χ4n) is 2.17. The van der Waals surface area contributed by atoms with Crippen molar-refractivity contribution in [3.8, 4) is 0 Å². The Balaban J connectivity index is 1.85. The van der Waals surface area contributed by atoms with Gasteiger partial charge in [-0.3, -0.25) is 4.79 Å². The summed E-state index contributed by atoms with van der Waals surface area (Å²) in [7, 11) is 0. The zero-order chi connectivity index (χ0) is 14.1. The van der Waals surface area contributed by atoms with Gasteiger partial charge in [0.15, 0.2) is 0 Å². The van der Waals surface area contributed by atoms with Crippen LogP contribution in [-0.2, 0) is 6.54 Å². The topological polar surface area (TPSA) is 33.5 Å². The van der Waals surface area contributed by atoms with E-state index < -0.39 is 0 Å². The summed E-state index contributed by atoms with van der Waals surface area (Å²) in [6, 6.07) is 9.30. The van der Waals surface area contributed by atoms with Gasteiger partial charge in [-0.2, -0.15) is 0 Å². The molecule has 2 aromatic rings. The van der Waals surface area contributed by atoms with Crippen LogP contribution in [0.4, 0.5) is 0 Å². The average molecular weight is 355 g/mol. The summed E-state index contributed by atoms with van der Waals surface area (Å²) in [5.41, 5.74) is 0.600. The van der Waals surface area contributed by atoms with Crippen LogP contribution >= 0.6 is 27.5 Å². The molecule has 1 aromatic carbocycles. The van der Waals surface area contributed by atoms with Gasteiger partial charge < -0.3 is 9.32 Å². The molecule has 104 valence electrons. The van der Waals surface area contributed by atoms with Crippen molar-refractivity contribution < 1.29 is 9.21 Å². The van der Waals surface area contributed by atoms with Crippen molar-refractivity contribution in [2.45, 2.75) is 25.4 Å². The molecule has 1 amide bonds. The fourth-order valence-corrected chi connectivity index (χ4v) is 3.03. The van der Waals surface area contributed by atoms with E-state index >= 15 is 0 Å². The molecule has 0 bridgehead atoms. The Kier molecular flexibility index (Phi) is 3.85. The van der Waals surface area contributed by atoms with Crippen LogP contribution in [0.2, 0.25) is 5.02 Å². The molecule has 3 nitrogen and oxygen atoms in total. The van der Waals surface area contributed by atoms with Crippen LogP contribution in [0.15, 0.2) is 45.5 Å². The zero-order valence-corrected chi connectivity index (χ0v) is 13.0. The molecule has 20 heavy (non-hydrogen) atoms. The lowest BCUT2D eigenvalue weighted by Crippen LogP contribution is -2.32. The Hall–Kier alpha value is -1.26. The van der Waals surface area contributed by atoms with Crippen molar-refractivity contribution >= 4 is 33.4 Å². The highest BCUT2D eigenvalue weighted by molar-refractivity contribution is 9.10. The lowest BCUT2D eigenvalue weighted by atomic mass is 10.2. The largest absolute Gasteiger partial charge is 0.467 e. The number of nitrogens with zero attached hydrogens (tertiary/aromatic N) is 1. The van der Waals surface area contributed by atoms with E-state index in [4.69, 9.17) is 16.0 Å². The maximum absolute atomic E-state index is 12.7. The minimum atomic E-state index is -0.00731. The minimum absolute atomic E-state index is 0.00731. The normalized spacial score (nSPS) is 14.3. The quantitative estimate of drug-likeness (QED) is 0.810. The number of amides is 1. The molecule has 5 heteroatoms. The lowest BCUT2D eigenvalue weighted by Gasteiger charge is -2.21. The maximum atomic E-state index is 12.7. The third kappa shape index (κ3) is 3.07. The van der Waals surface area contributed by atoms with Gasteiger partial charge >= 0.3 is 0 Å². The van der Waals surface area contributed by atoms with Crippen LogP contribution in [0.25, 0.3) is 0 Å². The summed E-state index contributed by atoms with van der Waals surface area (Å²) in [5, 5.41) is 0.552. The molecule has 0 aliphatic heterocycles. The molecule has 1 saturated carbocycles. The molecule has 1 aromatic heterocycles.